The van der Waals surface area contributed by atoms with E-state index in [2.05, 4.69) is 20.8 Å². The minimum Gasteiger partial charge on any atom is -0.657 e. The van der Waals surface area contributed by atoms with Crippen LogP contribution in [-0.4, -0.2) is 34.6 Å². The number of carbonyl (C=O) groups excluding carboxylic acids is 3. The van der Waals surface area contributed by atoms with Crippen molar-refractivity contribution in [3.8, 4) is 0 Å². The van der Waals surface area contributed by atoms with Gasteiger partial charge in [0, 0.05) is 41.6 Å². The number of methoxy groups -OCH3 is 1. The molecule has 0 amide bonds. The number of esters is 1. The largest absolute Gasteiger partial charge is 2.00 e. The summed E-state index contributed by atoms with van der Waals surface area (Å²) in [4.78, 5) is 59.3. The Morgan fingerprint density at radius 3 is 2.44 bits per heavy atom. The Labute approximate surface area is 264 Å². The third-order valence-corrected chi connectivity index (χ3v) is 9.82. The van der Waals surface area contributed by atoms with Crippen molar-refractivity contribution in [3.05, 3.63) is 68.8 Å². The molecular formula is C34H36N4O4Zn. The van der Waals surface area contributed by atoms with Gasteiger partial charge in [-0.25, -0.2) is 4.98 Å². The van der Waals surface area contributed by atoms with Crippen molar-refractivity contribution in [1.29, 1.82) is 0 Å². The molecule has 0 saturated carbocycles. The number of hydrogen-bond donors (Lipinski definition) is 0. The quantitative estimate of drug-likeness (QED) is 0.254. The van der Waals surface area contributed by atoms with E-state index in [1.165, 1.54) is 7.11 Å². The second-order valence-corrected chi connectivity index (χ2v) is 12.0. The molecule has 3 atom stereocenters. The van der Waals surface area contributed by atoms with Crippen LogP contribution in [0.5, 0.6) is 0 Å². The molecule has 0 saturated heterocycles. The van der Waals surface area contributed by atoms with E-state index in [4.69, 9.17) is 24.7 Å². The van der Waals surface area contributed by atoms with Crippen LogP contribution in [0.25, 0.3) is 22.1 Å². The number of aryl methyl sites for hydroxylation is 3. The molecule has 0 fully saturated rings. The number of rotatable bonds is 5. The van der Waals surface area contributed by atoms with Crippen LogP contribution in [0.1, 0.15) is 119 Å². The van der Waals surface area contributed by atoms with Gasteiger partial charge in [0.2, 0.25) is 0 Å². The van der Waals surface area contributed by atoms with Gasteiger partial charge in [-0.15, -0.1) is 22.1 Å². The first-order valence-corrected chi connectivity index (χ1v) is 14.8. The van der Waals surface area contributed by atoms with Gasteiger partial charge in [-0.1, -0.05) is 49.6 Å². The normalized spacial score (nSPS) is 20.8. The van der Waals surface area contributed by atoms with Gasteiger partial charge in [0.1, 0.15) is 5.69 Å². The monoisotopic (exact) mass is 628 g/mol. The molecule has 0 N–H and O–H groups in total. The molecule has 1 unspecified atom stereocenters. The van der Waals surface area contributed by atoms with Crippen LogP contribution in [0.3, 0.4) is 0 Å². The minimum atomic E-state index is -0.780. The van der Waals surface area contributed by atoms with Crippen molar-refractivity contribution in [2.75, 3.05) is 7.11 Å². The maximum Gasteiger partial charge on any atom is 2.00 e. The standard InChI is InChI=1S/C34H37N4O4.Zn/c1-8-19-16(3)22-13-23-17(4)20(10-11-29(40)42-7)31(37-23)21-12-27(39)30-18(5)24(38-32(21)30)14-26-33(41)34(6,9-2)28(36-26)15-25(19)35-22;/h13-15,17,20H,8-12H2,1-7H3,(H-,35,36,37,38,39,41);/q-1;+2/p-1/t17-,20-,34?;/m0./s1. The summed E-state index contributed by atoms with van der Waals surface area (Å²) >= 11 is 0. The molecule has 9 heteroatoms. The Bertz CT molecular complexity index is 1850. The fourth-order valence-corrected chi connectivity index (χ4v) is 6.86. The average molecular weight is 630 g/mol. The predicted octanol–water partition coefficient (Wildman–Crippen LogP) is 5.88. The summed E-state index contributed by atoms with van der Waals surface area (Å²) in [5.41, 5.74) is 9.13. The average Bonchev–Trinajstić information content (AvgIpc) is 3.71. The molecular weight excluding hydrogens is 594 g/mol. The summed E-state index contributed by atoms with van der Waals surface area (Å²) in [6.45, 7) is 12.1. The molecule has 218 valence electrons. The van der Waals surface area contributed by atoms with Gasteiger partial charge < -0.3 is 14.7 Å². The SMILES string of the molecule is CCc1c(C)c2cc3nc(c4c5[n-]c(cc6nc(cc1[n-]2)C(C)(CC)C6=O)c(C)c5C(=O)C4)[C@@H](CCC(=O)OC)[C@@H]3C.[Zn+2]. The molecule has 8 bridgehead atoms. The first-order chi connectivity index (χ1) is 20.0. The third kappa shape index (κ3) is 4.71. The van der Waals surface area contributed by atoms with E-state index in [1.54, 1.807) is 6.07 Å². The van der Waals surface area contributed by atoms with Crippen molar-refractivity contribution >= 4 is 39.6 Å². The zero-order valence-electron chi connectivity index (χ0n) is 26.1. The molecule has 5 heterocycles. The van der Waals surface area contributed by atoms with Crippen LogP contribution in [0.4, 0.5) is 0 Å². The van der Waals surface area contributed by atoms with Crippen LogP contribution in [0, 0.1) is 13.8 Å². The van der Waals surface area contributed by atoms with Gasteiger partial charge in [0.05, 0.1) is 18.2 Å². The van der Waals surface area contributed by atoms with Gasteiger partial charge in [0.15, 0.2) is 11.6 Å². The Kier molecular flexibility index (Phi) is 8.10. The number of ketones is 2. The second kappa shape index (κ2) is 11.2. The van der Waals surface area contributed by atoms with Crippen molar-refractivity contribution < 1.29 is 38.6 Å². The molecule has 0 aromatic carbocycles. The molecule has 2 aliphatic heterocycles. The number of carbonyl (C=O) groups is 3. The van der Waals surface area contributed by atoms with Gasteiger partial charge >= 0.3 is 25.4 Å². The molecule has 3 aliphatic rings. The number of aromatic nitrogens is 4. The Hall–Kier alpha value is -3.45. The number of Topliss-reactive ketones (excluding diaryl/α,β-unsaturated/α-hetero) is 2. The molecule has 6 rings (SSSR count). The van der Waals surface area contributed by atoms with Crippen molar-refractivity contribution in [2.45, 2.75) is 90.9 Å². The second-order valence-electron chi connectivity index (χ2n) is 12.0. The molecule has 1 aliphatic carbocycles. The first kappa shape index (κ1) is 31.0. The Balaban J connectivity index is 0.00000368. The number of nitrogens with zero attached hydrogens (tertiary/aromatic N) is 4. The van der Waals surface area contributed by atoms with E-state index in [1.807, 2.05) is 32.9 Å². The maximum absolute atomic E-state index is 13.8. The van der Waals surface area contributed by atoms with Crippen molar-refractivity contribution in [1.82, 2.24) is 19.9 Å². The number of ether oxygens (including phenoxy) is 1. The topological polar surface area (TPSA) is 114 Å². The van der Waals surface area contributed by atoms with E-state index in [9.17, 15) is 14.4 Å². The van der Waals surface area contributed by atoms with Crippen molar-refractivity contribution in [3.63, 3.8) is 0 Å². The van der Waals surface area contributed by atoms with Crippen LogP contribution in [-0.2, 0) is 47.3 Å². The third-order valence-electron chi connectivity index (χ3n) is 9.82. The van der Waals surface area contributed by atoms with E-state index < -0.39 is 5.41 Å². The summed E-state index contributed by atoms with van der Waals surface area (Å²) in [7, 11) is 1.39. The summed E-state index contributed by atoms with van der Waals surface area (Å²) < 4.78 is 4.94. The zero-order valence-corrected chi connectivity index (χ0v) is 29.0. The fourth-order valence-electron chi connectivity index (χ4n) is 6.86. The molecule has 0 spiro atoms. The van der Waals surface area contributed by atoms with Crippen LogP contribution in [0.2, 0.25) is 0 Å². The number of hydrogen-bond acceptors (Lipinski definition) is 6. The molecule has 0 radical (unpaired) electrons. The van der Waals surface area contributed by atoms with Crippen molar-refractivity contribution in [2.24, 2.45) is 0 Å². The predicted molar refractivity (Wildman–Crippen MR) is 160 cm³/mol. The van der Waals surface area contributed by atoms with Crippen LogP contribution in [0.15, 0.2) is 18.2 Å². The summed E-state index contributed by atoms with van der Waals surface area (Å²) in [5, 5.41) is 0. The van der Waals surface area contributed by atoms with Gasteiger partial charge in [-0.3, -0.25) is 19.4 Å². The van der Waals surface area contributed by atoms with Gasteiger partial charge in [-0.2, -0.15) is 0 Å². The molecule has 3 aromatic rings. The van der Waals surface area contributed by atoms with Crippen LogP contribution >= 0.6 is 0 Å². The van der Waals surface area contributed by atoms with E-state index in [-0.39, 0.29) is 61.7 Å². The molecule has 3 aromatic heterocycles. The Morgan fingerprint density at radius 2 is 1.77 bits per heavy atom. The van der Waals surface area contributed by atoms with E-state index in [0.29, 0.717) is 40.8 Å². The molecule has 8 nitrogen and oxygen atoms in total. The molecule has 43 heavy (non-hydrogen) atoms. The zero-order chi connectivity index (χ0) is 30.1. The van der Waals surface area contributed by atoms with E-state index >= 15 is 0 Å². The smallest absolute Gasteiger partial charge is 0.657 e. The van der Waals surface area contributed by atoms with Crippen LogP contribution < -0.4 is 9.97 Å². The fraction of sp³-hybridized carbons (Fsp3) is 0.441. The summed E-state index contributed by atoms with van der Waals surface area (Å²) in [5.74, 6) is -0.418. The van der Waals surface area contributed by atoms with E-state index in [0.717, 1.165) is 51.1 Å². The summed E-state index contributed by atoms with van der Waals surface area (Å²) in [6, 6.07) is 5.74. The first-order valence-electron chi connectivity index (χ1n) is 14.8. The number of fused-ring (bicyclic) bond motifs is 8. The van der Waals surface area contributed by atoms with Gasteiger partial charge in [-0.05, 0) is 51.7 Å². The summed E-state index contributed by atoms with van der Waals surface area (Å²) in [6.07, 6.45) is 2.39. The Morgan fingerprint density at radius 1 is 1.05 bits per heavy atom. The maximum atomic E-state index is 13.8. The minimum absolute atomic E-state index is 0. The van der Waals surface area contributed by atoms with Gasteiger partial charge in [0.25, 0.3) is 0 Å².